The summed E-state index contributed by atoms with van der Waals surface area (Å²) in [5, 5.41) is 13.2. The molecule has 2 aromatic rings. The van der Waals surface area contributed by atoms with Crippen LogP contribution in [0.4, 0.5) is 0 Å². The second-order valence-electron chi connectivity index (χ2n) is 5.04. The predicted octanol–water partition coefficient (Wildman–Crippen LogP) is 2.19. The molecule has 0 saturated heterocycles. The summed E-state index contributed by atoms with van der Waals surface area (Å²) in [7, 11) is 0. The van der Waals surface area contributed by atoms with Gasteiger partial charge in [0, 0.05) is 11.9 Å². The van der Waals surface area contributed by atoms with Crippen LogP contribution in [-0.2, 0) is 11.2 Å². The number of allylic oxidation sites excluding steroid dienone is 2. The molecule has 21 heavy (non-hydrogen) atoms. The average Bonchev–Trinajstić information content (AvgIpc) is 2.96. The van der Waals surface area contributed by atoms with Crippen LogP contribution in [0.1, 0.15) is 36.2 Å². The molecule has 0 aliphatic heterocycles. The van der Waals surface area contributed by atoms with Crippen LogP contribution in [-0.4, -0.2) is 26.2 Å². The maximum atomic E-state index is 11.3. The van der Waals surface area contributed by atoms with Crippen molar-refractivity contribution in [3.8, 4) is 0 Å². The molecule has 0 saturated carbocycles. The van der Waals surface area contributed by atoms with Crippen molar-refractivity contribution in [1.82, 2.24) is 15.1 Å². The number of rotatable bonds is 4. The van der Waals surface area contributed by atoms with Crippen molar-refractivity contribution in [3.63, 3.8) is 0 Å². The number of pyridine rings is 1. The Balaban J connectivity index is 1.78. The highest BCUT2D eigenvalue weighted by Crippen LogP contribution is 2.33. The lowest BCUT2D eigenvalue weighted by Crippen LogP contribution is -2.23. The van der Waals surface area contributed by atoms with E-state index in [1.54, 1.807) is 6.20 Å². The Labute approximate surface area is 121 Å². The van der Waals surface area contributed by atoms with Crippen LogP contribution in [0.2, 0.25) is 0 Å². The first kappa shape index (κ1) is 13.5. The van der Waals surface area contributed by atoms with Crippen molar-refractivity contribution in [3.05, 3.63) is 54.0 Å². The van der Waals surface area contributed by atoms with E-state index >= 15 is 0 Å². The summed E-state index contributed by atoms with van der Waals surface area (Å²) >= 11 is 0. The first-order valence-electron chi connectivity index (χ1n) is 6.84. The van der Waals surface area contributed by atoms with Gasteiger partial charge in [-0.2, -0.15) is 4.98 Å². The minimum atomic E-state index is -0.825. The number of hydrogen-bond donors (Lipinski definition) is 1. The molecule has 6 heteroatoms. The minimum Gasteiger partial charge on any atom is -0.481 e. The van der Waals surface area contributed by atoms with Gasteiger partial charge in [0.25, 0.3) is 0 Å². The number of carboxylic acids is 1. The maximum absolute atomic E-state index is 11.3. The van der Waals surface area contributed by atoms with E-state index in [2.05, 4.69) is 15.1 Å². The molecule has 0 fully saturated rings. The number of carbonyl (C=O) groups is 1. The maximum Gasteiger partial charge on any atom is 0.307 e. The predicted molar refractivity (Wildman–Crippen MR) is 73.6 cm³/mol. The summed E-state index contributed by atoms with van der Waals surface area (Å²) in [6.45, 7) is 0. The van der Waals surface area contributed by atoms with Gasteiger partial charge in [0.2, 0.25) is 5.89 Å². The SMILES string of the molecule is O=C(O)[C@H]1CC=CC[C@H]1c1nc(Cc2ccccn2)no1. The highest BCUT2D eigenvalue weighted by molar-refractivity contribution is 5.71. The van der Waals surface area contributed by atoms with Crippen molar-refractivity contribution in [2.45, 2.75) is 25.2 Å². The van der Waals surface area contributed by atoms with Crippen LogP contribution < -0.4 is 0 Å². The van der Waals surface area contributed by atoms with Crippen LogP contribution in [0.3, 0.4) is 0 Å². The molecule has 0 aromatic carbocycles. The molecule has 2 heterocycles. The van der Waals surface area contributed by atoms with Gasteiger partial charge in [-0.1, -0.05) is 23.4 Å². The summed E-state index contributed by atoms with van der Waals surface area (Å²) < 4.78 is 5.27. The molecule has 2 aromatic heterocycles. The first-order valence-corrected chi connectivity index (χ1v) is 6.84. The van der Waals surface area contributed by atoms with E-state index in [1.807, 2.05) is 30.4 Å². The van der Waals surface area contributed by atoms with E-state index in [0.717, 1.165) is 5.69 Å². The van der Waals surface area contributed by atoms with Crippen LogP contribution >= 0.6 is 0 Å². The van der Waals surface area contributed by atoms with Crippen LogP contribution in [0.25, 0.3) is 0 Å². The van der Waals surface area contributed by atoms with Crippen molar-refractivity contribution < 1.29 is 14.4 Å². The number of aromatic nitrogens is 3. The second-order valence-corrected chi connectivity index (χ2v) is 5.04. The standard InChI is InChI=1S/C15H15N3O3/c19-15(20)12-7-2-1-6-11(12)14-17-13(18-21-14)9-10-5-3-4-8-16-10/h1-5,8,11-12H,6-7,9H2,(H,19,20)/t11-,12+/m1/s1. The molecule has 108 valence electrons. The third kappa shape index (κ3) is 2.99. The van der Waals surface area contributed by atoms with Gasteiger partial charge < -0.3 is 9.63 Å². The smallest absolute Gasteiger partial charge is 0.307 e. The van der Waals surface area contributed by atoms with Gasteiger partial charge in [-0.15, -0.1) is 0 Å². The third-order valence-electron chi connectivity index (χ3n) is 3.62. The molecule has 0 unspecified atom stereocenters. The van der Waals surface area contributed by atoms with Gasteiger partial charge in [0.05, 0.1) is 18.3 Å². The fourth-order valence-corrected chi connectivity index (χ4v) is 2.51. The lowest BCUT2D eigenvalue weighted by Gasteiger charge is -2.21. The quantitative estimate of drug-likeness (QED) is 0.866. The fraction of sp³-hybridized carbons (Fsp3) is 0.333. The van der Waals surface area contributed by atoms with Crippen LogP contribution in [0, 0.1) is 5.92 Å². The summed E-state index contributed by atoms with van der Waals surface area (Å²) in [6.07, 6.45) is 7.15. The summed E-state index contributed by atoms with van der Waals surface area (Å²) in [4.78, 5) is 19.9. The zero-order valence-corrected chi connectivity index (χ0v) is 11.3. The second kappa shape index (κ2) is 5.87. The zero-order valence-electron chi connectivity index (χ0n) is 11.3. The summed E-state index contributed by atoms with van der Waals surface area (Å²) in [5.74, 6) is -0.649. The molecule has 1 aliphatic rings. The molecular formula is C15H15N3O3. The Morgan fingerprint density at radius 2 is 2.19 bits per heavy atom. The molecule has 1 N–H and O–H groups in total. The van der Waals surface area contributed by atoms with E-state index < -0.39 is 11.9 Å². The van der Waals surface area contributed by atoms with Gasteiger partial charge in [-0.3, -0.25) is 9.78 Å². The van der Waals surface area contributed by atoms with Gasteiger partial charge >= 0.3 is 5.97 Å². The van der Waals surface area contributed by atoms with Crippen molar-refractivity contribution in [1.29, 1.82) is 0 Å². The Morgan fingerprint density at radius 1 is 1.33 bits per heavy atom. The molecule has 0 amide bonds. The zero-order chi connectivity index (χ0) is 14.7. The number of carboxylic acid groups (broad SMARTS) is 1. The molecule has 1 aliphatic carbocycles. The Kier molecular flexibility index (Phi) is 3.77. The van der Waals surface area contributed by atoms with E-state index in [0.29, 0.717) is 31.0 Å². The normalized spacial score (nSPS) is 21.3. The molecule has 0 spiro atoms. The van der Waals surface area contributed by atoms with E-state index in [1.165, 1.54) is 0 Å². The number of aliphatic carboxylic acids is 1. The molecule has 0 radical (unpaired) electrons. The number of nitrogens with zero attached hydrogens (tertiary/aromatic N) is 3. The summed E-state index contributed by atoms with van der Waals surface area (Å²) in [6, 6.07) is 5.63. The first-order chi connectivity index (χ1) is 10.2. The highest BCUT2D eigenvalue weighted by atomic mass is 16.5. The van der Waals surface area contributed by atoms with Crippen molar-refractivity contribution >= 4 is 5.97 Å². The number of hydrogen-bond acceptors (Lipinski definition) is 5. The van der Waals surface area contributed by atoms with Gasteiger partial charge in [-0.05, 0) is 25.0 Å². The fourth-order valence-electron chi connectivity index (χ4n) is 2.51. The lowest BCUT2D eigenvalue weighted by molar-refractivity contribution is -0.142. The van der Waals surface area contributed by atoms with Crippen molar-refractivity contribution in [2.75, 3.05) is 0 Å². The van der Waals surface area contributed by atoms with Crippen LogP contribution in [0.5, 0.6) is 0 Å². The largest absolute Gasteiger partial charge is 0.481 e. The van der Waals surface area contributed by atoms with E-state index in [-0.39, 0.29) is 5.92 Å². The summed E-state index contributed by atoms with van der Waals surface area (Å²) in [5.41, 5.74) is 0.850. The van der Waals surface area contributed by atoms with Gasteiger partial charge in [0.15, 0.2) is 5.82 Å². The average molecular weight is 285 g/mol. The lowest BCUT2D eigenvalue weighted by atomic mass is 9.83. The van der Waals surface area contributed by atoms with E-state index in [9.17, 15) is 9.90 Å². The molecule has 3 rings (SSSR count). The van der Waals surface area contributed by atoms with Crippen LogP contribution in [0.15, 0.2) is 41.1 Å². The minimum absolute atomic E-state index is 0.252. The topological polar surface area (TPSA) is 89.1 Å². The molecular weight excluding hydrogens is 270 g/mol. The van der Waals surface area contributed by atoms with Crippen molar-refractivity contribution in [2.24, 2.45) is 5.92 Å². The highest BCUT2D eigenvalue weighted by Gasteiger charge is 2.33. The molecule has 0 bridgehead atoms. The third-order valence-corrected chi connectivity index (χ3v) is 3.62. The molecule has 6 nitrogen and oxygen atoms in total. The Morgan fingerprint density at radius 3 is 2.95 bits per heavy atom. The van der Waals surface area contributed by atoms with Gasteiger partial charge in [-0.25, -0.2) is 0 Å². The van der Waals surface area contributed by atoms with E-state index in [4.69, 9.17) is 4.52 Å². The van der Waals surface area contributed by atoms with Gasteiger partial charge in [0.1, 0.15) is 0 Å². The molecule has 2 atom stereocenters. The Bertz CT molecular complexity index is 651. The monoisotopic (exact) mass is 285 g/mol. The Hall–Kier alpha value is -2.50.